The molecule has 0 amide bonds. The van der Waals surface area contributed by atoms with Gasteiger partial charge in [-0.05, 0) is 0 Å². The lowest BCUT2D eigenvalue weighted by Gasteiger charge is -2.21. The number of nitrogens with zero attached hydrogens (tertiary/aromatic N) is 1. The standard InChI is InChI=1S/C5H14NO.FH/c1-6(2,3)4-5-7;/h7H,4-5H2,1-3H3;1H/q+1;. The van der Waals surface area contributed by atoms with Crippen LogP contribution < -0.4 is 0 Å². The van der Waals surface area contributed by atoms with Crippen LogP contribution in [0.1, 0.15) is 0 Å². The summed E-state index contributed by atoms with van der Waals surface area (Å²) in [4.78, 5) is 0. The molecule has 1 N–H and O–H groups in total. The molecule has 0 aliphatic rings. The highest BCUT2D eigenvalue weighted by Gasteiger charge is 2.02. The highest BCUT2D eigenvalue weighted by atomic mass is 19.0. The van der Waals surface area contributed by atoms with Crippen LogP contribution in [0, 0.1) is 0 Å². The molecule has 0 aromatic carbocycles. The molecule has 0 radical (unpaired) electrons. The lowest BCUT2D eigenvalue weighted by molar-refractivity contribution is -0.870. The molecule has 0 heterocycles. The van der Waals surface area contributed by atoms with Gasteiger partial charge in [0.1, 0.15) is 6.54 Å². The van der Waals surface area contributed by atoms with Gasteiger partial charge in [0, 0.05) is 0 Å². The van der Waals surface area contributed by atoms with Gasteiger partial charge in [0.2, 0.25) is 0 Å². The summed E-state index contributed by atoms with van der Waals surface area (Å²) in [5, 5.41) is 8.39. The summed E-state index contributed by atoms with van der Waals surface area (Å²) in [6.45, 7) is 1.11. The number of halogens is 1. The maximum Gasteiger partial charge on any atom is 0.101 e. The highest BCUT2D eigenvalue weighted by molar-refractivity contribution is 4.19. The van der Waals surface area contributed by atoms with E-state index in [2.05, 4.69) is 21.1 Å². The Hall–Kier alpha value is -0.150. The van der Waals surface area contributed by atoms with Crippen LogP contribution in [0.3, 0.4) is 0 Å². The van der Waals surface area contributed by atoms with Gasteiger partial charge in [-0.25, -0.2) is 0 Å². The van der Waals surface area contributed by atoms with E-state index in [1.54, 1.807) is 0 Å². The predicted molar refractivity (Wildman–Crippen MR) is 32.5 cm³/mol. The molecule has 0 unspecified atom stereocenters. The summed E-state index contributed by atoms with van der Waals surface area (Å²) in [5.74, 6) is 0. The molecule has 3 heteroatoms. The van der Waals surface area contributed by atoms with Gasteiger partial charge in [-0.3, -0.25) is 4.70 Å². The number of likely N-dealkylation sites (N-methyl/N-ethyl adjacent to an activating group) is 1. The Morgan fingerprint density at radius 3 is 1.62 bits per heavy atom. The smallest absolute Gasteiger partial charge is 0.101 e. The molecular formula is C5H15FNO+. The zero-order valence-electron chi connectivity index (χ0n) is 5.72. The van der Waals surface area contributed by atoms with Gasteiger partial charge >= 0.3 is 0 Å². The Kier molecular flexibility index (Phi) is 5.12. The van der Waals surface area contributed by atoms with E-state index in [1.165, 1.54) is 0 Å². The second-order valence-electron chi connectivity index (χ2n) is 2.74. The fraction of sp³-hybridized carbons (Fsp3) is 1.00. The molecule has 0 aromatic rings. The van der Waals surface area contributed by atoms with Crippen LogP contribution in [0.2, 0.25) is 0 Å². The maximum absolute atomic E-state index is 8.39. The van der Waals surface area contributed by atoms with Crippen molar-refractivity contribution in [3.63, 3.8) is 0 Å². The fourth-order valence-electron chi connectivity index (χ4n) is 0.300. The molecule has 0 aromatic heterocycles. The van der Waals surface area contributed by atoms with Crippen molar-refractivity contribution in [3.05, 3.63) is 0 Å². The number of hydrogen-bond donors (Lipinski definition) is 1. The van der Waals surface area contributed by atoms with E-state index in [0.29, 0.717) is 0 Å². The maximum atomic E-state index is 8.39. The summed E-state index contributed by atoms with van der Waals surface area (Å²) >= 11 is 0. The van der Waals surface area contributed by atoms with Gasteiger partial charge in [-0.2, -0.15) is 0 Å². The van der Waals surface area contributed by atoms with Gasteiger partial charge in [-0.1, -0.05) is 0 Å². The zero-order valence-corrected chi connectivity index (χ0v) is 5.72. The third-order valence-corrected chi connectivity index (χ3v) is 0.771. The first-order valence-electron chi connectivity index (χ1n) is 2.47. The minimum atomic E-state index is 0. The molecule has 0 spiro atoms. The van der Waals surface area contributed by atoms with Crippen LogP contribution in [0.15, 0.2) is 0 Å². The van der Waals surface area contributed by atoms with Crippen LogP contribution >= 0.6 is 0 Å². The average molecular weight is 124 g/mol. The zero-order chi connectivity index (χ0) is 5.91. The second-order valence-corrected chi connectivity index (χ2v) is 2.74. The number of rotatable bonds is 2. The third-order valence-electron chi connectivity index (χ3n) is 0.771. The summed E-state index contributed by atoms with van der Waals surface area (Å²) in [5.41, 5.74) is 0. The van der Waals surface area contributed by atoms with Crippen molar-refractivity contribution in [2.75, 3.05) is 34.3 Å². The molecule has 0 aliphatic carbocycles. The fourth-order valence-corrected chi connectivity index (χ4v) is 0.300. The molecular weight excluding hydrogens is 109 g/mol. The van der Waals surface area contributed by atoms with Crippen LogP contribution in [0.25, 0.3) is 0 Å². The van der Waals surface area contributed by atoms with Crippen LogP contribution in [0.5, 0.6) is 0 Å². The number of aliphatic hydroxyl groups excluding tert-OH is 1. The number of quaternary nitrogens is 1. The Balaban J connectivity index is 0. The minimum absolute atomic E-state index is 0. The van der Waals surface area contributed by atoms with Gasteiger partial charge in [-0.15, -0.1) is 0 Å². The van der Waals surface area contributed by atoms with Crippen LogP contribution in [0.4, 0.5) is 4.70 Å². The van der Waals surface area contributed by atoms with Crippen molar-refractivity contribution in [2.24, 2.45) is 0 Å². The predicted octanol–water partition coefficient (Wildman–Crippen LogP) is -0.163. The van der Waals surface area contributed by atoms with Crippen molar-refractivity contribution >= 4 is 0 Å². The van der Waals surface area contributed by atoms with Crippen LogP contribution in [-0.2, 0) is 0 Å². The Labute approximate surface area is 49.7 Å². The van der Waals surface area contributed by atoms with Crippen molar-refractivity contribution in [2.45, 2.75) is 0 Å². The van der Waals surface area contributed by atoms with Gasteiger partial charge in [0.05, 0.1) is 27.7 Å². The van der Waals surface area contributed by atoms with Gasteiger partial charge < -0.3 is 9.59 Å². The van der Waals surface area contributed by atoms with Crippen molar-refractivity contribution < 1.29 is 14.3 Å². The SMILES string of the molecule is C[N+](C)(C)CCO.F. The Morgan fingerprint density at radius 1 is 1.25 bits per heavy atom. The molecule has 2 nitrogen and oxygen atoms in total. The first-order chi connectivity index (χ1) is 3.06. The summed E-state index contributed by atoms with van der Waals surface area (Å²) in [7, 11) is 6.16. The number of hydrogen-bond acceptors (Lipinski definition) is 1. The quantitative estimate of drug-likeness (QED) is 0.507. The Morgan fingerprint density at radius 2 is 1.62 bits per heavy atom. The van der Waals surface area contributed by atoms with Crippen molar-refractivity contribution in [1.82, 2.24) is 0 Å². The van der Waals surface area contributed by atoms with E-state index in [1.807, 2.05) is 0 Å². The third kappa shape index (κ3) is 9.28. The van der Waals surface area contributed by atoms with E-state index >= 15 is 0 Å². The molecule has 0 fully saturated rings. The molecule has 52 valence electrons. The van der Waals surface area contributed by atoms with Gasteiger partial charge in [0.15, 0.2) is 0 Å². The second kappa shape index (κ2) is 3.80. The molecule has 0 rings (SSSR count). The lowest BCUT2D eigenvalue weighted by Crippen LogP contribution is -2.36. The van der Waals surface area contributed by atoms with Crippen molar-refractivity contribution in [1.29, 1.82) is 0 Å². The molecule has 0 bridgehead atoms. The average Bonchev–Trinajstić information content (AvgIpc) is 1.30. The normalized spacial score (nSPS) is 10.5. The molecule has 0 saturated heterocycles. The molecule has 0 aliphatic heterocycles. The minimum Gasteiger partial charge on any atom is -0.391 e. The van der Waals surface area contributed by atoms with Crippen LogP contribution in [-0.4, -0.2) is 43.9 Å². The van der Waals surface area contributed by atoms with E-state index in [4.69, 9.17) is 5.11 Å². The van der Waals surface area contributed by atoms with E-state index in [0.717, 1.165) is 11.0 Å². The van der Waals surface area contributed by atoms with E-state index in [9.17, 15) is 0 Å². The summed E-state index contributed by atoms with van der Waals surface area (Å²) < 4.78 is 0.844. The molecule has 0 saturated carbocycles. The lowest BCUT2D eigenvalue weighted by atomic mass is 10.5. The largest absolute Gasteiger partial charge is 0.391 e. The summed E-state index contributed by atoms with van der Waals surface area (Å²) in [6.07, 6.45) is 0. The molecule has 0 atom stereocenters. The Bertz CT molecular complexity index is 50.9. The number of aliphatic hydroxyl groups is 1. The topological polar surface area (TPSA) is 20.2 Å². The monoisotopic (exact) mass is 124 g/mol. The van der Waals surface area contributed by atoms with Gasteiger partial charge in [0.25, 0.3) is 0 Å². The molecule has 8 heavy (non-hydrogen) atoms. The van der Waals surface area contributed by atoms with Crippen molar-refractivity contribution in [3.8, 4) is 0 Å². The first-order valence-corrected chi connectivity index (χ1v) is 2.47. The first kappa shape index (κ1) is 10.8. The highest BCUT2D eigenvalue weighted by Crippen LogP contribution is 1.84. The van der Waals surface area contributed by atoms with E-state index < -0.39 is 0 Å². The summed E-state index contributed by atoms with van der Waals surface area (Å²) in [6, 6.07) is 0. The van der Waals surface area contributed by atoms with E-state index in [-0.39, 0.29) is 11.3 Å².